The molecule has 1 unspecified atom stereocenters. The van der Waals surface area contributed by atoms with Crippen LogP contribution >= 0.6 is 0 Å². The summed E-state index contributed by atoms with van der Waals surface area (Å²) in [5.74, 6) is 0.620. The van der Waals surface area contributed by atoms with Gasteiger partial charge in [-0.1, -0.05) is 77.6 Å². The standard InChI is InChI=1S/C19H38N7O/c1-2-3-4-5-6-7-8-9-10-11-12-13-14-27-17(16-22-19(20)21)15-18-23-25-26-24-18/h17H,2-16H2,1H3,(H4-,20,21,22,23,24,25,26)/q-1. The van der Waals surface area contributed by atoms with Gasteiger partial charge in [0.05, 0.1) is 12.6 Å². The molecule has 8 nitrogen and oxygen atoms in total. The third-order valence-corrected chi connectivity index (χ3v) is 4.60. The van der Waals surface area contributed by atoms with Crippen molar-refractivity contribution in [3.05, 3.63) is 5.82 Å². The molecule has 0 fully saturated rings. The van der Waals surface area contributed by atoms with Crippen molar-refractivity contribution in [2.24, 2.45) is 16.5 Å². The van der Waals surface area contributed by atoms with Gasteiger partial charge in [0.15, 0.2) is 5.96 Å². The van der Waals surface area contributed by atoms with Gasteiger partial charge in [0.1, 0.15) is 0 Å². The van der Waals surface area contributed by atoms with Gasteiger partial charge in [0, 0.05) is 18.9 Å². The van der Waals surface area contributed by atoms with E-state index in [2.05, 4.69) is 32.5 Å². The Morgan fingerprint density at radius 3 is 2.07 bits per heavy atom. The highest BCUT2D eigenvalue weighted by atomic mass is 16.5. The van der Waals surface area contributed by atoms with Crippen molar-refractivity contribution in [1.29, 1.82) is 0 Å². The van der Waals surface area contributed by atoms with Crippen LogP contribution in [-0.2, 0) is 11.2 Å². The Kier molecular flexibility index (Phi) is 14.2. The van der Waals surface area contributed by atoms with E-state index in [0.29, 0.717) is 25.4 Å². The zero-order valence-corrected chi connectivity index (χ0v) is 17.0. The molecule has 27 heavy (non-hydrogen) atoms. The molecule has 0 spiro atoms. The summed E-state index contributed by atoms with van der Waals surface area (Å²) < 4.78 is 5.90. The number of hydrogen-bond acceptors (Lipinski definition) is 5. The van der Waals surface area contributed by atoms with Crippen molar-refractivity contribution in [3.8, 4) is 0 Å². The van der Waals surface area contributed by atoms with E-state index in [1.807, 2.05) is 0 Å². The first kappa shape index (κ1) is 23.3. The molecule has 0 saturated carbocycles. The van der Waals surface area contributed by atoms with Crippen molar-refractivity contribution in [1.82, 2.24) is 20.6 Å². The number of hydrogen-bond donors (Lipinski definition) is 2. The highest BCUT2D eigenvalue weighted by molar-refractivity contribution is 5.75. The average molecular weight is 381 g/mol. The maximum absolute atomic E-state index is 5.90. The molecule has 1 atom stereocenters. The molecular formula is C19H38N7O-. The second-order valence-electron chi connectivity index (χ2n) is 7.15. The molecule has 4 N–H and O–H groups in total. The lowest BCUT2D eigenvalue weighted by molar-refractivity contribution is 0.0556. The number of ether oxygens (including phenoxy) is 1. The number of nitrogens with two attached hydrogens (primary N) is 2. The number of unbranched alkanes of at least 4 members (excludes halogenated alkanes) is 11. The van der Waals surface area contributed by atoms with Crippen LogP contribution in [0.4, 0.5) is 0 Å². The van der Waals surface area contributed by atoms with E-state index in [-0.39, 0.29) is 12.1 Å². The molecule has 0 aliphatic carbocycles. The summed E-state index contributed by atoms with van der Waals surface area (Å²) in [5, 5.41) is 14.6. The Bertz CT molecular complexity index is 461. The molecule has 0 saturated heterocycles. The Hall–Kier alpha value is -1.70. The number of guanidine groups is 1. The molecule has 1 heterocycles. The summed E-state index contributed by atoms with van der Waals surface area (Å²) in [6.45, 7) is 3.36. The zero-order valence-electron chi connectivity index (χ0n) is 17.0. The molecular weight excluding hydrogens is 342 g/mol. The number of nitrogens with zero attached hydrogens (tertiary/aromatic N) is 5. The lowest BCUT2D eigenvalue weighted by Gasteiger charge is -2.16. The topological polar surface area (TPSA) is 126 Å². The molecule has 1 aromatic heterocycles. The van der Waals surface area contributed by atoms with Crippen LogP contribution in [0.2, 0.25) is 0 Å². The van der Waals surface area contributed by atoms with Gasteiger partial charge in [0.25, 0.3) is 0 Å². The molecule has 0 amide bonds. The van der Waals surface area contributed by atoms with Crippen molar-refractivity contribution < 1.29 is 4.74 Å². The van der Waals surface area contributed by atoms with E-state index in [4.69, 9.17) is 16.2 Å². The van der Waals surface area contributed by atoms with Gasteiger partial charge < -0.3 is 21.3 Å². The summed E-state index contributed by atoms with van der Waals surface area (Å²) in [4.78, 5) is 4.04. The van der Waals surface area contributed by atoms with Crippen LogP contribution in [0.25, 0.3) is 0 Å². The van der Waals surface area contributed by atoms with Crippen LogP contribution in [0.15, 0.2) is 4.99 Å². The summed E-state index contributed by atoms with van der Waals surface area (Å²) in [7, 11) is 0. The predicted octanol–water partition coefficient (Wildman–Crippen LogP) is 2.73. The van der Waals surface area contributed by atoms with Gasteiger partial charge in [-0.3, -0.25) is 15.3 Å². The highest BCUT2D eigenvalue weighted by Crippen LogP contribution is 2.12. The van der Waals surface area contributed by atoms with Gasteiger partial charge >= 0.3 is 0 Å². The molecule has 1 aromatic rings. The number of aromatic nitrogens is 4. The van der Waals surface area contributed by atoms with Crippen molar-refractivity contribution in [3.63, 3.8) is 0 Å². The minimum atomic E-state index is -0.147. The number of tetrazole rings is 1. The Morgan fingerprint density at radius 1 is 0.963 bits per heavy atom. The van der Waals surface area contributed by atoms with Crippen LogP contribution in [0.1, 0.15) is 89.8 Å². The van der Waals surface area contributed by atoms with Gasteiger partial charge in [-0.15, -0.1) is 0 Å². The first-order chi connectivity index (χ1) is 13.2. The molecule has 156 valence electrons. The predicted molar refractivity (Wildman–Crippen MR) is 108 cm³/mol. The normalized spacial score (nSPS) is 12.2. The van der Waals surface area contributed by atoms with Crippen LogP contribution in [0.3, 0.4) is 0 Å². The monoisotopic (exact) mass is 380 g/mol. The summed E-state index contributed by atoms with van der Waals surface area (Å²) in [5.41, 5.74) is 10.8. The average Bonchev–Trinajstić information content (AvgIpc) is 3.16. The van der Waals surface area contributed by atoms with E-state index in [1.54, 1.807) is 0 Å². The quantitative estimate of drug-likeness (QED) is 0.228. The molecule has 0 aromatic carbocycles. The van der Waals surface area contributed by atoms with Crippen LogP contribution in [0, 0.1) is 0 Å². The highest BCUT2D eigenvalue weighted by Gasteiger charge is 2.09. The van der Waals surface area contributed by atoms with E-state index in [1.165, 1.54) is 70.6 Å². The second kappa shape index (κ2) is 16.5. The Labute approximate surface area is 163 Å². The van der Waals surface area contributed by atoms with Crippen molar-refractivity contribution >= 4 is 5.96 Å². The third kappa shape index (κ3) is 14.1. The number of aliphatic imine (C=N–C) groups is 1. The minimum Gasteiger partial charge on any atom is -0.376 e. The van der Waals surface area contributed by atoms with E-state index in [0.717, 1.165) is 6.42 Å². The Morgan fingerprint density at radius 2 is 1.56 bits per heavy atom. The second-order valence-corrected chi connectivity index (χ2v) is 7.15. The first-order valence-corrected chi connectivity index (χ1v) is 10.6. The molecule has 8 heteroatoms. The van der Waals surface area contributed by atoms with Gasteiger partial charge in [-0.25, -0.2) is 0 Å². The molecule has 0 aliphatic heterocycles. The fourth-order valence-corrected chi connectivity index (χ4v) is 3.02. The maximum atomic E-state index is 5.90. The third-order valence-electron chi connectivity index (χ3n) is 4.60. The first-order valence-electron chi connectivity index (χ1n) is 10.6. The van der Waals surface area contributed by atoms with Crippen LogP contribution in [0.5, 0.6) is 0 Å². The summed E-state index contributed by atoms with van der Waals surface area (Å²) in [6, 6.07) is 0. The van der Waals surface area contributed by atoms with Gasteiger partial charge in [0.2, 0.25) is 0 Å². The van der Waals surface area contributed by atoms with Crippen LogP contribution in [-0.4, -0.2) is 40.7 Å². The summed E-state index contributed by atoms with van der Waals surface area (Å²) in [6.07, 6.45) is 16.3. The largest absolute Gasteiger partial charge is 0.376 e. The van der Waals surface area contributed by atoms with Crippen LogP contribution < -0.4 is 16.6 Å². The molecule has 1 rings (SSSR count). The lowest BCUT2D eigenvalue weighted by atomic mass is 10.1. The fraction of sp³-hybridized carbons (Fsp3) is 0.895. The van der Waals surface area contributed by atoms with Gasteiger partial charge in [-0.2, -0.15) is 5.21 Å². The smallest absolute Gasteiger partial charge is 0.185 e. The van der Waals surface area contributed by atoms with Gasteiger partial charge in [-0.05, 0) is 6.42 Å². The number of rotatable bonds is 18. The fourth-order valence-electron chi connectivity index (χ4n) is 3.02. The van der Waals surface area contributed by atoms with Crippen molar-refractivity contribution in [2.45, 2.75) is 96.5 Å². The molecule has 0 aliphatic rings. The maximum Gasteiger partial charge on any atom is 0.185 e. The zero-order chi connectivity index (χ0) is 19.6. The lowest BCUT2D eigenvalue weighted by Crippen LogP contribution is -2.27. The van der Waals surface area contributed by atoms with Crippen molar-refractivity contribution in [2.75, 3.05) is 13.2 Å². The minimum absolute atomic E-state index is 0.0636. The Balaban J connectivity index is 1.99. The SMILES string of the molecule is CCCCCCCCCCCCCCOC(CN=C(N)N)Cc1nnn[n-]1. The molecule has 0 bridgehead atoms. The van der Waals surface area contributed by atoms with E-state index >= 15 is 0 Å². The van der Waals surface area contributed by atoms with E-state index < -0.39 is 0 Å². The van der Waals surface area contributed by atoms with E-state index in [9.17, 15) is 0 Å². The molecule has 0 radical (unpaired) electrons. The summed E-state index contributed by atoms with van der Waals surface area (Å²) >= 11 is 0.